The monoisotopic (exact) mass is 324 g/mol. The van der Waals surface area contributed by atoms with E-state index in [1.165, 1.54) is 41.1 Å². The maximum atomic E-state index is 4.78. The Hall–Kier alpha value is -0.450. The van der Waals surface area contributed by atoms with Crippen LogP contribution in [0.4, 0.5) is 0 Å². The molecule has 0 radical (unpaired) electrons. The van der Waals surface area contributed by atoms with Gasteiger partial charge in [0.05, 0.1) is 15.2 Å². The third-order valence-corrected chi connectivity index (χ3v) is 5.10. The van der Waals surface area contributed by atoms with E-state index in [2.05, 4.69) is 40.3 Å². The summed E-state index contributed by atoms with van der Waals surface area (Å²) in [6.07, 6.45) is 5.04. The Bertz CT molecular complexity index is 558. The summed E-state index contributed by atoms with van der Waals surface area (Å²) in [5, 5.41) is 4.85. The predicted octanol–water partition coefficient (Wildman–Crippen LogP) is 4.05. The number of fused-ring (bicyclic) bond motifs is 1. The number of aryl methyl sites for hydroxylation is 1. The molecule has 1 aromatic carbocycles. The number of rotatable bonds is 2. The molecule has 1 saturated heterocycles. The first-order valence-electron chi connectivity index (χ1n) is 6.51. The number of halogens is 1. The van der Waals surface area contributed by atoms with Crippen molar-refractivity contribution >= 4 is 37.5 Å². The molecule has 1 unspecified atom stereocenters. The van der Waals surface area contributed by atoms with E-state index in [4.69, 9.17) is 4.98 Å². The summed E-state index contributed by atoms with van der Waals surface area (Å²) >= 11 is 5.45. The van der Waals surface area contributed by atoms with E-state index in [0.717, 1.165) is 16.4 Å². The smallest absolute Gasteiger partial charge is 0.0957 e. The normalized spacial score (nSPS) is 20.4. The molecule has 1 aliphatic rings. The summed E-state index contributed by atoms with van der Waals surface area (Å²) in [6.45, 7) is 3.30. The lowest BCUT2D eigenvalue weighted by molar-refractivity contribution is 0.399. The highest BCUT2D eigenvalue weighted by atomic mass is 79.9. The molecule has 1 N–H and O–H groups in total. The van der Waals surface area contributed by atoms with Gasteiger partial charge >= 0.3 is 0 Å². The van der Waals surface area contributed by atoms with Crippen molar-refractivity contribution < 1.29 is 0 Å². The fourth-order valence-electron chi connectivity index (χ4n) is 2.56. The fourth-order valence-corrected chi connectivity index (χ4v) is 4.53. The van der Waals surface area contributed by atoms with Gasteiger partial charge in [0.15, 0.2) is 0 Å². The second-order valence-electron chi connectivity index (χ2n) is 5.05. The zero-order valence-corrected chi connectivity index (χ0v) is 12.9. The number of benzene rings is 1. The van der Waals surface area contributed by atoms with Crippen LogP contribution in [0.3, 0.4) is 0 Å². The molecule has 18 heavy (non-hydrogen) atoms. The average molecular weight is 325 g/mol. The minimum atomic E-state index is 0.624. The molecular weight excluding hydrogens is 308 g/mol. The third-order valence-electron chi connectivity index (χ3n) is 3.47. The van der Waals surface area contributed by atoms with Crippen LogP contribution >= 0.6 is 27.3 Å². The number of nitrogens with one attached hydrogen (secondary N) is 1. The van der Waals surface area contributed by atoms with Crippen LogP contribution in [0.5, 0.6) is 0 Å². The second kappa shape index (κ2) is 5.27. The number of piperidine rings is 1. The summed E-state index contributed by atoms with van der Waals surface area (Å²) < 4.78 is 2.42. The van der Waals surface area contributed by atoms with Crippen molar-refractivity contribution in [3.63, 3.8) is 0 Å². The zero-order valence-electron chi connectivity index (χ0n) is 10.5. The quantitative estimate of drug-likeness (QED) is 0.901. The summed E-state index contributed by atoms with van der Waals surface area (Å²) in [4.78, 5) is 4.78. The second-order valence-corrected chi connectivity index (χ2v) is 7.02. The zero-order chi connectivity index (χ0) is 12.5. The number of hydrogen-bond donors (Lipinski definition) is 1. The van der Waals surface area contributed by atoms with Crippen LogP contribution < -0.4 is 5.32 Å². The van der Waals surface area contributed by atoms with Crippen molar-refractivity contribution in [2.75, 3.05) is 6.54 Å². The summed E-state index contributed by atoms with van der Waals surface area (Å²) in [5.41, 5.74) is 2.41. The third kappa shape index (κ3) is 2.60. The van der Waals surface area contributed by atoms with Gasteiger partial charge in [-0.3, -0.25) is 0 Å². The van der Waals surface area contributed by atoms with Crippen LogP contribution in [0, 0.1) is 6.92 Å². The van der Waals surface area contributed by atoms with Gasteiger partial charge in [-0.2, -0.15) is 0 Å². The van der Waals surface area contributed by atoms with Gasteiger partial charge < -0.3 is 5.32 Å². The Balaban J connectivity index is 1.86. The van der Waals surface area contributed by atoms with Crippen LogP contribution in [0.25, 0.3) is 10.2 Å². The van der Waals surface area contributed by atoms with Crippen LogP contribution in [0.1, 0.15) is 29.8 Å². The van der Waals surface area contributed by atoms with Gasteiger partial charge in [0.25, 0.3) is 0 Å². The van der Waals surface area contributed by atoms with Gasteiger partial charge in [0.1, 0.15) is 0 Å². The Labute approximate surface area is 120 Å². The number of hydrogen-bond acceptors (Lipinski definition) is 3. The first-order valence-corrected chi connectivity index (χ1v) is 8.12. The molecule has 2 nitrogen and oxygen atoms in total. The van der Waals surface area contributed by atoms with Crippen molar-refractivity contribution in [3.8, 4) is 0 Å². The van der Waals surface area contributed by atoms with Crippen molar-refractivity contribution in [3.05, 3.63) is 27.2 Å². The van der Waals surface area contributed by atoms with Crippen LogP contribution in [-0.4, -0.2) is 17.6 Å². The minimum absolute atomic E-state index is 0.624. The molecule has 0 bridgehead atoms. The van der Waals surface area contributed by atoms with Gasteiger partial charge in [-0.25, -0.2) is 4.98 Å². The predicted molar refractivity (Wildman–Crippen MR) is 81.4 cm³/mol. The Morgan fingerprint density at radius 1 is 1.44 bits per heavy atom. The largest absolute Gasteiger partial charge is 0.314 e. The van der Waals surface area contributed by atoms with E-state index in [9.17, 15) is 0 Å². The van der Waals surface area contributed by atoms with Crippen molar-refractivity contribution in [1.29, 1.82) is 0 Å². The van der Waals surface area contributed by atoms with Crippen LogP contribution in [0.15, 0.2) is 16.6 Å². The van der Waals surface area contributed by atoms with E-state index in [0.29, 0.717) is 6.04 Å². The topological polar surface area (TPSA) is 24.9 Å². The lowest BCUT2D eigenvalue weighted by atomic mass is 10.0. The maximum Gasteiger partial charge on any atom is 0.0957 e. The van der Waals surface area contributed by atoms with Crippen LogP contribution in [0.2, 0.25) is 0 Å². The van der Waals surface area contributed by atoms with E-state index < -0.39 is 0 Å². The van der Waals surface area contributed by atoms with E-state index in [-0.39, 0.29) is 0 Å². The molecule has 0 amide bonds. The highest BCUT2D eigenvalue weighted by Crippen LogP contribution is 2.30. The molecule has 2 aromatic rings. The van der Waals surface area contributed by atoms with Gasteiger partial charge in [0.2, 0.25) is 0 Å². The number of thiazole rings is 1. The molecule has 1 aliphatic heterocycles. The lowest BCUT2D eigenvalue weighted by Gasteiger charge is -2.22. The first-order chi connectivity index (χ1) is 8.72. The summed E-state index contributed by atoms with van der Waals surface area (Å²) in [7, 11) is 0. The summed E-state index contributed by atoms with van der Waals surface area (Å²) in [5.74, 6) is 0. The SMILES string of the molecule is Cc1cc(Br)c2nc(CC3CCCCN3)sc2c1. The molecular formula is C14H17BrN2S. The van der Waals surface area contributed by atoms with Gasteiger partial charge in [-0.05, 0) is 59.9 Å². The fraction of sp³-hybridized carbons (Fsp3) is 0.500. The Morgan fingerprint density at radius 2 is 2.33 bits per heavy atom. The molecule has 4 heteroatoms. The standard InChI is InChI=1S/C14H17BrN2S/c1-9-6-11(15)14-12(7-9)18-13(17-14)8-10-4-2-3-5-16-10/h6-7,10,16H,2-5,8H2,1H3. The van der Waals surface area contributed by atoms with Crippen LogP contribution in [-0.2, 0) is 6.42 Å². The molecule has 1 aromatic heterocycles. The van der Waals surface area contributed by atoms with Gasteiger partial charge in [0, 0.05) is 16.9 Å². The lowest BCUT2D eigenvalue weighted by Crippen LogP contribution is -2.35. The van der Waals surface area contributed by atoms with Gasteiger partial charge in [-0.1, -0.05) is 6.42 Å². The number of aromatic nitrogens is 1. The molecule has 3 rings (SSSR count). The highest BCUT2D eigenvalue weighted by molar-refractivity contribution is 9.10. The summed E-state index contributed by atoms with van der Waals surface area (Å²) in [6, 6.07) is 5.00. The van der Waals surface area contributed by atoms with Crippen molar-refractivity contribution in [2.24, 2.45) is 0 Å². The Morgan fingerprint density at radius 3 is 3.11 bits per heavy atom. The molecule has 0 spiro atoms. The molecule has 1 fully saturated rings. The van der Waals surface area contributed by atoms with E-state index >= 15 is 0 Å². The number of nitrogens with zero attached hydrogens (tertiary/aromatic N) is 1. The minimum Gasteiger partial charge on any atom is -0.314 e. The first kappa shape index (κ1) is 12.6. The highest BCUT2D eigenvalue weighted by Gasteiger charge is 2.16. The molecule has 0 aliphatic carbocycles. The molecule has 0 saturated carbocycles. The molecule has 2 heterocycles. The van der Waals surface area contributed by atoms with Crippen molar-refractivity contribution in [2.45, 2.75) is 38.6 Å². The van der Waals surface area contributed by atoms with Gasteiger partial charge in [-0.15, -0.1) is 11.3 Å². The van der Waals surface area contributed by atoms with E-state index in [1.54, 1.807) is 0 Å². The molecule has 96 valence electrons. The Kier molecular flexibility index (Phi) is 3.68. The van der Waals surface area contributed by atoms with E-state index in [1.807, 2.05) is 11.3 Å². The molecule has 1 atom stereocenters. The average Bonchev–Trinajstić information content (AvgIpc) is 2.73. The maximum absolute atomic E-state index is 4.78. The van der Waals surface area contributed by atoms with Crippen molar-refractivity contribution in [1.82, 2.24) is 10.3 Å².